The van der Waals surface area contributed by atoms with Crippen LogP contribution in [0.15, 0.2) is 12.1 Å². The van der Waals surface area contributed by atoms with Gasteiger partial charge >= 0.3 is 0 Å². The number of fused-ring (bicyclic) bond motifs is 2. The Morgan fingerprint density at radius 2 is 2.24 bits per heavy atom. The van der Waals surface area contributed by atoms with Crippen LogP contribution in [0.1, 0.15) is 18.3 Å². The van der Waals surface area contributed by atoms with Gasteiger partial charge in [-0.05, 0) is 26.0 Å². The molecule has 1 aromatic carbocycles. The van der Waals surface area contributed by atoms with Gasteiger partial charge < -0.3 is 10.3 Å². The molecular formula is C12H10N4O. The number of rotatable bonds is 0. The summed E-state index contributed by atoms with van der Waals surface area (Å²) in [7, 11) is 0. The number of nitrogens with one attached hydrogen (secondary N) is 2. The maximum Gasteiger partial charge on any atom is 0.249 e. The van der Waals surface area contributed by atoms with Gasteiger partial charge in [0.2, 0.25) is 5.91 Å². The van der Waals surface area contributed by atoms with Crippen molar-refractivity contribution in [1.29, 1.82) is 5.26 Å². The first-order valence-electron chi connectivity index (χ1n) is 5.28. The first-order valence-corrected chi connectivity index (χ1v) is 5.28. The highest BCUT2D eigenvalue weighted by molar-refractivity contribution is 6.09. The van der Waals surface area contributed by atoms with Crippen LogP contribution in [0, 0.1) is 18.3 Å². The second kappa shape index (κ2) is 2.86. The van der Waals surface area contributed by atoms with E-state index in [0.29, 0.717) is 11.3 Å². The number of aromatic amines is 1. The highest BCUT2D eigenvalue weighted by atomic mass is 16.2. The SMILES string of the molecule is Cc1nc2cc3c(cc2[nH]1)C(C)(C#N)C(=O)N3. The van der Waals surface area contributed by atoms with Gasteiger partial charge in [-0.15, -0.1) is 0 Å². The summed E-state index contributed by atoms with van der Waals surface area (Å²) in [6, 6.07) is 5.70. The van der Waals surface area contributed by atoms with E-state index in [9.17, 15) is 10.1 Å². The van der Waals surface area contributed by atoms with Crippen molar-refractivity contribution in [3.8, 4) is 6.07 Å². The molecule has 1 unspecified atom stereocenters. The molecule has 2 heterocycles. The van der Waals surface area contributed by atoms with E-state index in [2.05, 4.69) is 21.4 Å². The number of benzene rings is 1. The topological polar surface area (TPSA) is 81.6 Å². The van der Waals surface area contributed by atoms with E-state index in [1.54, 1.807) is 13.0 Å². The molecule has 1 amide bonds. The van der Waals surface area contributed by atoms with Crippen LogP contribution < -0.4 is 5.32 Å². The Morgan fingerprint density at radius 3 is 2.94 bits per heavy atom. The van der Waals surface area contributed by atoms with Crippen molar-refractivity contribution in [2.75, 3.05) is 5.32 Å². The van der Waals surface area contributed by atoms with Crippen LogP contribution in [-0.2, 0) is 10.2 Å². The van der Waals surface area contributed by atoms with Gasteiger partial charge in [0.1, 0.15) is 5.82 Å². The summed E-state index contributed by atoms with van der Waals surface area (Å²) in [5.41, 5.74) is 1.92. The predicted octanol–water partition coefficient (Wildman–Crippen LogP) is 1.60. The van der Waals surface area contributed by atoms with E-state index in [4.69, 9.17) is 0 Å². The lowest BCUT2D eigenvalue weighted by atomic mass is 9.85. The molecule has 1 aliphatic rings. The second-order valence-corrected chi connectivity index (χ2v) is 4.43. The highest BCUT2D eigenvalue weighted by Gasteiger charge is 2.43. The van der Waals surface area contributed by atoms with E-state index in [1.807, 2.05) is 13.0 Å². The van der Waals surface area contributed by atoms with E-state index in [-0.39, 0.29) is 5.91 Å². The standard InChI is InChI=1S/C12H10N4O/c1-6-14-9-3-7-8(4-10(9)15-6)16-11(17)12(7,2)5-13/h3-4H,1-2H3,(H,14,15)(H,16,17). The fourth-order valence-corrected chi connectivity index (χ4v) is 2.18. The third-order valence-electron chi connectivity index (χ3n) is 3.20. The minimum atomic E-state index is -1.11. The summed E-state index contributed by atoms with van der Waals surface area (Å²) in [6.45, 7) is 3.50. The number of hydrogen-bond acceptors (Lipinski definition) is 3. The third kappa shape index (κ3) is 1.12. The minimum absolute atomic E-state index is 0.278. The van der Waals surface area contributed by atoms with Crippen LogP contribution in [0.2, 0.25) is 0 Å². The van der Waals surface area contributed by atoms with Gasteiger partial charge in [0, 0.05) is 11.3 Å². The summed E-state index contributed by atoms with van der Waals surface area (Å²) in [4.78, 5) is 19.2. The normalized spacial score (nSPS) is 22.3. The number of anilines is 1. The monoisotopic (exact) mass is 226 g/mol. The molecule has 2 aromatic rings. The Balaban J connectivity index is 2.34. The number of carbonyl (C=O) groups excluding carboxylic acids is 1. The van der Waals surface area contributed by atoms with Crippen molar-refractivity contribution >= 4 is 22.6 Å². The lowest BCUT2D eigenvalue weighted by molar-refractivity contribution is -0.118. The average molecular weight is 226 g/mol. The van der Waals surface area contributed by atoms with Crippen molar-refractivity contribution in [3.05, 3.63) is 23.5 Å². The summed E-state index contributed by atoms with van der Waals surface area (Å²) in [5.74, 6) is 0.535. The van der Waals surface area contributed by atoms with E-state index >= 15 is 0 Å². The second-order valence-electron chi connectivity index (χ2n) is 4.43. The van der Waals surface area contributed by atoms with Gasteiger partial charge in [-0.3, -0.25) is 4.79 Å². The fraction of sp³-hybridized carbons (Fsp3) is 0.250. The molecule has 3 rings (SSSR count). The lowest BCUT2D eigenvalue weighted by Crippen LogP contribution is -2.28. The summed E-state index contributed by atoms with van der Waals surface area (Å²) < 4.78 is 0. The van der Waals surface area contributed by atoms with Crippen LogP contribution in [0.3, 0.4) is 0 Å². The van der Waals surface area contributed by atoms with E-state index in [0.717, 1.165) is 16.9 Å². The quantitative estimate of drug-likeness (QED) is 0.715. The van der Waals surface area contributed by atoms with Crippen LogP contribution in [-0.4, -0.2) is 15.9 Å². The zero-order valence-corrected chi connectivity index (χ0v) is 9.46. The maximum absolute atomic E-state index is 11.8. The number of H-pyrrole nitrogens is 1. The molecule has 1 aliphatic heterocycles. The molecule has 0 saturated heterocycles. The van der Waals surface area contributed by atoms with Crippen LogP contribution in [0.4, 0.5) is 5.69 Å². The van der Waals surface area contributed by atoms with Gasteiger partial charge in [-0.25, -0.2) is 4.98 Å². The molecule has 1 aromatic heterocycles. The van der Waals surface area contributed by atoms with Crippen LogP contribution in [0.5, 0.6) is 0 Å². The zero-order chi connectivity index (χ0) is 12.2. The molecular weight excluding hydrogens is 216 g/mol. The van der Waals surface area contributed by atoms with Gasteiger partial charge in [-0.1, -0.05) is 0 Å². The smallest absolute Gasteiger partial charge is 0.249 e. The van der Waals surface area contributed by atoms with Crippen molar-refractivity contribution in [3.63, 3.8) is 0 Å². The Hall–Kier alpha value is -2.35. The number of aryl methyl sites for hydroxylation is 1. The average Bonchev–Trinajstić information content (AvgIpc) is 2.75. The first-order chi connectivity index (χ1) is 8.04. The summed E-state index contributed by atoms with van der Waals surface area (Å²) in [6.07, 6.45) is 0. The summed E-state index contributed by atoms with van der Waals surface area (Å²) >= 11 is 0. The predicted molar refractivity (Wildman–Crippen MR) is 62.4 cm³/mol. The zero-order valence-electron chi connectivity index (χ0n) is 9.46. The van der Waals surface area contributed by atoms with Gasteiger partial charge in [0.15, 0.2) is 5.41 Å². The third-order valence-corrected chi connectivity index (χ3v) is 3.20. The van der Waals surface area contributed by atoms with Crippen molar-refractivity contribution in [1.82, 2.24) is 9.97 Å². The maximum atomic E-state index is 11.8. The lowest BCUT2D eigenvalue weighted by Gasteiger charge is -2.11. The number of nitrogens with zero attached hydrogens (tertiary/aromatic N) is 2. The molecule has 2 N–H and O–H groups in total. The molecule has 5 nitrogen and oxygen atoms in total. The number of aromatic nitrogens is 2. The molecule has 5 heteroatoms. The first kappa shape index (κ1) is 9.85. The largest absolute Gasteiger partial charge is 0.342 e. The van der Waals surface area contributed by atoms with Crippen LogP contribution in [0.25, 0.3) is 11.0 Å². The van der Waals surface area contributed by atoms with Gasteiger partial charge in [0.05, 0.1) is 17.1 Å². The molecule has 84 valence electrons. The number of imidazole rings is 1. The number of amides is 1. The molecule has 1 atom stereocenters. The number of nitriles is 1. The molecule has 0 bridgehead atoms. The molecule has 17 heavy (non-hydrogen) atoms. The fourth-order valence-electron chi connectivity index (χ4n) is 2.18. The van der Waals surface area contributed by atoms with Crippen molar-refractivity contribution < 1.29 is 4.79 Å². The Bertz CT molecular complexity index is 694. The van der Waals surface area contributed by atoms with Gasteiger partial charge in [-0.2, -0.15) is 5.26 Å². The molecule has 0 saturated carbocycles. The minimum Gasteiger partial charge on any atom is -0.342 e. The molecule has 0 fully saturated rings. The van der Waals surface area contributed by atoms with Crippen molar-refractivity contribution in [2.24, 2.45) is 0 Å². The van der Waals surface area contributed by atoms with Crippen LogP contribution >= 0.6 is 0 Å². The van der Waals surface area contributed by atoms with E-state index < -0.39 is 5.41 Å². The van der Waals surface area contributed by atoms with Gasteiger partial charge in [0.25, 0.3) is 0 Å². The Labute approximate surface area is 97.5 Å². The Kier molecular flexibility index (Phi) is 1.65. The number of carbonyl (C=O) groups is 1. The summed E-state index contributed by atoms with van der Waals surface area (Å²) in [5, 5.41) is 11.9. The number of hydrogen-bond donors (Lipinski definition) is 2. The molecule has 0 spiro atoms. The highest BCUT2D eigenvalue weighted by Crippen LogP contribution is 2.39. The molecule has 0 radical (unpaired) electrons. The van der Waals surface area contributed by atoms with Crippen molar-refractivity contribution in [2.45, 2.75) is 19.3 Å². The Morgan fingerprint density at radius 1 is 1.47 bits per heavy atom. The molecule has 0 aliphatic carbocycles. The van der Waals surface area contributed by atoms with E-state index in [1.165, 1.54) is 0 Å².